The Morgan fingerprint density at radius 1 is 1.29 bits per heavy atom. The number of hydrogen-bond acceptors (Lipinski definition) is 2. The smallest absolute Gasteiger partial charge is 0.192 e. The molecule has 1 aromatic rings. The molecule has 0 amide bonds. The minimum atomic E-state index is -1.69. The summed E-state index contributed by atoms with van der Waals surface area (Å²) < 4.78 is 6.46. The molecule has 1 N–H and O–H groups in total. The Morgan fingerprint density at radius 2 is 1.95 bits per heavy atom. The maximum absolute atomic E-state index is 9.34. The highest BCUT2D eigenvalue weighted by Gasteiger charge is 2.39. The molecular weight excluding hydrogens is 276 g/mol. The summed E-state index contributed by atoms with van der Waals surface area (Å²) in [4.78, 5) is 0. The van der Waals surface area contributed by atoms with Crippen molar-refractivity contribution in [2.45, 2.75) is 64.3 Å². The van der Waals surface area contributed by atoms with Crippen molar-refractivity contribution in [3.05, 3.63) is 35.4 Å². The second-order valence-corrected chi connectivity index (χ2v) is 12.7. The van der Waals surface area contributed by atoms with E-state index < -0.39 is 8.32 Å². The Labute approximate surface area is 130 Å². The van der Waals surface area contributed by atoms with Crippen molar-refractivity contribution in [1.82, 2.24) is 0 Å². The number of hydrogen-bond donors (Lipinski definition) is 1. The van der Waals surface area contributed by atoms with Gasteiger partial charge in [0.15, 0.2) is 8.32 Å². The molecule has 1 fully saturated rings. The first-order valence-electron chi connectivity index (χ1n) is 8.08. The first-order chi connectivity index (χ1) is 9.74. The highest BCUT2D eigenvalue weighted by Crippen LogP contribution is 2.44. The lowest BCUT2D eigenvalue weighted by atomic mass is 9.94. The van der Waals surface area contributed by atoms with Gasteiger partial charge in [-0.05, 0) is 48.0 Å². The standard InChI is InChI=1S/C18H30O2Si/c1-18(2,3)21(4,5)20-13-17(15-9-10-15)16-8-6-7-14(11-16)12-19/h6-8,11,15,17,19H,9-10,12-13H2,1-5H3. The van der Waals surface area contributed by atoms with Crippen molar-refractivity contribution < 1.29 is 9.53 Å². The van der Waals surface area contributed by atoms with Gasteiger partial charge in [0.05, 0.1) is 6.61 Å². The van der Waals surface area contributed by atoms with E-state index in [9.17, 15) is 5.11 Å². The van der Waals surface area contributed by atoms with Crippen molar-refractivity contribution in [2.75, 3.05) is 6.61 Å². The van der Waals surface area contributed by atoms with Crippen LogP contribution in [0.15, 0.2) is 24.3 Å². The molecule has 0 bridgehead atoms. The number of aliphatic hydroxyl groups is 1. The van der Waals surface area contributed by atoms with E-state index in [2.05, 4.69) is 52.1 Å². The van der Waals surface area contributed by atoms with Gasteiger partial charge in [0, 0.05) is 12.5 Å². The largest absolute Gasteiger partial charge is 0.416 e. The van der Waals surface area contributed by atoms with Crippen LogP contribution in [-0.2, 0) is 11.0 Å². The quantitative estimate of drug-likeness (QED) is 0.772. The zero-order chi connectivity index (χ0) is 15.7. The van der Waals surface area contributed by atoms with Crippen molar-refractivity contribution in [2.24, 2.45) is 5.92 Å². The highest BCUT2D eigenvalue weighted by atomic mass is 28.4. The summed E-state index contributed by atoms with van der Waals surface area (Å²) in [5.41, 5.74) is 2.34. The van der Waals surface area contributed by atoms with Crippen LogP contribution >= 0.6 is 0 Å². The van der Waals surface area contributed by atoms with Crippen molar-refractivity contribution in [1.29, 1.82) is 0 Å². The fourth-order valence-electron chi connectivity index (χ4n) is 2.44. The molecule has 1 aromatic carbocycles. The number of benzene rings is 1. The Morgan fingerprint density at radius 3 is 2.48 bits per heavy atom. The Kier molecular flexibility index (Phi) is 4.96. The molecule has 0 radical (unpaired) electrons. The van der Waals surface area contributed by atoms with Gasteiger partial charge < -0.3 is 9.53 Å². The van der Waals surface area contributed by atoms with Gasteiger partial charge in [0.25, 0.3) is 0 Å². The van der Waals surface area contributed by atoms with E-state index in [1.54, 1.807) is 0 Å². The number of aliphatic hydroxyl groups excluding tert-OH is 1. The van der Waals surface area contributed by atoms with Crippen molar-refractivity contribution >= 4 is 8.32 Å². The van der Waals surface area contributed by atoms with Crippen LogP contribution in [0.1, 0.15) is 50.7 Å². The van der Waals surface area contributed by atoms with Crippen LogP contribution in [0.25, 0.3) is 0 Å². The summed E-state index contributed by atoms with van der Waals surface area (Å²) in [6, 6.07) is 8.39. The van der Waals surface area contributed by atoms with E-state index in [-0.39, 0.29) is 11.6 Å². The molecule has 0 spiro atoms. The predicted molar refractivity (Wildman–Crippen MR) is 91.0 cm³/mol. The molecular formula is C18H30O2Si. The second kappa shape index (κ2) is 6.23. The summed E-state index contributed by atoms with van der Waals surface area (Å²) in [5.74, 6) is 1.26. The van der Waals surface area contributed by atoms with Crippen LogP contribution in [0.4, 0.5) is 0 Å². The van der Waals surface area contributed by atoms with Gasteiger partial charge >= 0.3 is 0 Å². The highest BCUT2D eigenvalue weighted by molar-refractivity contribution is 6.74. The van der Waals surface area contributed by atoms with Crippen molar-refractivity contribution in [3.8, 4) is 0 Å². The Hall–Kier alpha value is -0.643. The van der Waals surface area contributed by atoms with Crippen LogP contribution in [-0.4, -0.2) is 20.0 Å². The fourth-order valence-corrected chi connectivity index (χ4v) is 3.47. The third-order valence-electron chi connectivity index (χ3n) is 5.18. The minimum Gasteiger partial charge on any atom is -0.416 e. The topological polar surface area (TPSA) is 29.5 Å². The Bertz CT molecular complexity index is 472. The van der Waals surface area contributed by atoms with Gasteiger partial charge in [-0.15, -0.1) is 0 Å². The monoisotopic (exact) mass is 306 g/mol. The average Bonchev–Trinajstić information content (AvgIpc) is 3.22. The average molecular weight is 307 g/mol. The summed E-state index contributed by atoms with van der Waals surface area (Å²) >= 11 is 0. The van der Waals surface area contributed by atoms with Crippen LogP contribution in [0.2, 0.25) is 18.1 Å². The Balaban J connectivity index is 2.10. The van der Waals surface area contributed by atoms with Gasteiger partial charge in [-0.25, -0.2) is 0 Å². The molecule has 3 heteroatoms. The lowest BCUT2D eigenvalue weighted by Crippen LogP contribution is -2.41. The fraction of sp³-hybridized carbons (Fsp3) is 0.667. The van der Waals surface area contributed by atoms with E-state index in [4.69, 9.17) is 4.43 Å². The maximum Gasteiger partial charge on any atom is 0.192 e. The van der Waals surface area contributed by atoms with E-state index in [1.807, 2.05) is 6.07 Å². The third-order valence-corrected chi connectivity index (χ3v) is 9.68. The molecule has 2 nitrogen and oxygen atoms in total. The molecule has 0 saturated heterocycles. The van der Waals surface area contributed by atoms with Gasteiger partial charge in [-0.2, -0.15) is 0 Å². The lowest BCUT2D eigenvalue weighted by molar-refractivity contribution is 0.251. The molecule has 1 saturated carbocycles. The lowest BCUT2D eigenvalue weighted by Gasteiger charge is -2.37. The molecule has 1 atom stereocenters. The molecule has 1 aliphatic rings. The van der Waals surface area contributed by atoms with Gasteiger partial charge in [0.2, 0.25) is 0 Å². The maximum atomic E-state index is 9.34. The first kappa shape index (κ1) is 16.7. The van der Waals surface area contributed by atoms with Crippen LogP contribution < -0.4 is 0 Å². The van der Waals surface area contributed by atoms with Crippen LogP contribution in [0, 0.1) is 5.92 Å². The zero-order valence-corrected chi connectivity index (χ0v) is 15.1. The molecule has 0 heterocycles. The van der Waals surface area contributed by atoms with Gasteiger partial charge in [-0.3, -0.25) is 0 Å². The number of rotatable bonds is 6. The van der Waals surface area contributed by atoms with E-state index >= 15 is 0 Å². The molecule has 21 heavy (non-hydrogen) atoms. The van der Waals surface area contributed by atoms with E-state index in [0.29, 0.717) is 5.92 Å². The SMILES string of the molecule is CC(C)(C)[Si](C)(C)OCC(c1cccc(CO)c1)C1CC1. The molecule has 118 valence electrons. The second-order valence-electron chi connectivity index (χ2n) is 7.92. The van der Waals surface area contributed by atoms with Crippen molar-refractivity contribution in [3.63, 3.8) is 0 Å². The van der Waals surface area contributed by atoms with Gasteiger partial charge in [0.1, 0.15) is 0 Å². The normalized spacial score (nSPS) is 17.8. The van der Waals surface area contributed by atoms with E-state index in [0.717, 1.165) is 18.1 Å². The van der Waals surface area contributed by atoms with E-state index in [1.165, 1.54) is 18.4 Å². The summed E-state index contributed by atoms with van der Waals surface area (Å²) in [5, 5.41) is 9.60. The first-order valence-corrected chi connectivity index (χ1v) is 11.0. The van der Waals surface area contributed by atoms with Crippen LogP contribution in [0.5, 0.6) is 0 Å². The summed E-state index contributed by atoms with van der Waals surface area (Å²) in [6.45, 7) is 12.5. The van der Waals surface area contributed by atoms with Gasteiger partial charge in [-0.1, -0.05) is 45.0 Å². The summed E-state index contributed by atoms with van der Waals surface area (Å²) in [7, 11) is -1.69. The van der Waals surface area contributed by atoms with Crippen LogP contribution in [0.3, 0.4) is 0 Å². The molecule has 1 unspecified atom stereocenters. The zero-order valence-electron chi connectivity index (χ0n) is 14.1. The minimum absolute atomic E-state index is 0.119. The predicted octanol–water partition coefficient (Wildman–Crippen LogP) is 4.69. The summed E-state index contributed by atoms with van der Waals surface area (Å²) in [6.07, 6.45) is 2.63. The molecule has 1 aliphatic carbocycles. The molecule has 0 aliphatic heterocycles. The third kappa shape index (κ3) is 4.18. The molecule has 0 aromatic heterocycles. The molecule has 2 rings (SSSR count).